The van der Waals surface area contributed by atoms with E-state index in [2.05, 4.69) is 25.8 Å². The fourth-order valence-electron chi connectivity index (χ4n) is 1.80. The van der Waals surface area contributed by atoms with Crippen molar-refractivity contribution in [3.63, 3.8) is 0 Å². The zero-order chi connectivity index (χ0) is 13.4. The predicted molar refractivity (Wildman–Crippen MR) is 76.5 cm³/mol. The van der Waals surface area contributed by atoms with Gasteiger partial charge in [-0.3, -0.25) is 10.1 Å². The molecule has 0 fully saturated rings. The Bertz CT molecular complexity index is 730. The molecule has 0 radical (unpaired) electrons. The van der Waals surface area contributed by atoms with Gasteiger partial charge in [0.25, 0.3) is 0 Å². The van der Waals surface area contributed by atoms with Gasteiger partial charge in [-0.15, -0.1) is 11.3 Å². The number of hydrogen-bond donors (Lipinski definition) is 3. The number of rotatable bonds is 3. The quantitative estimate of drug-likeness (QED) is 0.498. The Morgan fingerprint density at radius 3 is 2.89 bits per heavy atom. The average Bonchev–Trinajstić information content (AvgIpc) is 2.94. The molecule has 3 aromatic heterocycles. The topological polar surface area (TPSA) is 93.7 Å². The van der Waals surface area contributed by atoms with Gasteiger partial charge >= 0.3 is 0 Å². The number of thiophene rings is 1. The average molecular weight is 275 g/mol. The molecule has 0 unspecified atom stereocenters. The van der Waals surface area contributed by atoms with Gasteiger partial charge in [0.15, 0.2) is 5.82 Å². The Morgan fingerprint density at radius 2 is 2.21 bits per heavy atom. The van der Waals surface area contributed by atoms with E-state index in [-0.39, 0.29) is 0 Å². The van der Waals surface area contributed by atoms with Crippen molar-refractivity contribution >= 4 is 39.1 Å². The van der Waals surface area contributed by atoms with E-state index < -0.39 is 0 Å². The summed E-state index contributed by atoms with van der Waals surface area (Å²) < 4.78 is 1.72. The van der Waals surface area contributed by atoms with Gasteiger partial charge in [0, 0.05) is 24.2 Å². The Kier molecular flexibility index (Phi) is 2.80. The molecule has 0 saturated carbocycles. The molecule has 0 aliphatic rings. The van der Waals surface area contributed by atoms with Gasteiger partial charge in [0.05, 0.1) is 5.39 Å². The first-order valence-electron chi connectivity index (χ1n) is 5.67. The number of aryl methyl sites for hydroxylation is 2. The first-order chi connectivity index (χ1) is 9.15. The van der Waals surface area contributed by atoms with E-state index in [0.29, 0.717) is 11.8 Å². The van der Waals surface area contributed by atoms with E-state index in [1.54, 1.807) is 16.0 Å². The zero-order valence-electron chi connectivity index (χ0n) is 10.5. The number of hydrazine groups is 1. The summed E-state index contributed by atoms with van der Waals surface area (Å²) in [7, 11) is 1.86. The van der Waals surface area contributed by atoms with Crippen molar-refractivity contribution in [1.82, 2.24) is 19.7 Å². The zero-order valence-corrected chi connectivity index (χ0v) is 11.3. The standard InChI is InChI=1S/C11H13N7S/c1-6-5-7-9(13-8-3-4-18(2)17-8)14-11(16-12)15-10(7)19-6/h3-5H,12H2,1-2H3,(H2,13,14,15,16,17). The highest BCUT2D eigenvalue weighted by Gasteiger charge is 2.11. The molecular weight excluding hydrogens is 262 g/mol. The smallest absolute Gasteiger partial charge is 0.240 e. The summed E-state index contributed by atoms with van der Waals surface area (Å²) in [5.41, 5.74) is 2.48. The lowest BCUT2D eigenvalue weighted by Crippen LogP contribution is -2.11. The van der Waals surface area contributed by atoms with Crippen molar-refractivity contribution in [2.45, 2.75) is 6.92 Å². The molecule has 0 aliphatic carbocycles. The number of nitrogen functional groups attached to an aromatic ring is 1. The van der Waals surface area contributed by atoms with Crippen LogP contribution >= 0.6 is 11.3 Å². The fraction of sp³-hybridized carbons (Fsp3) is 0.182. The molecule has 0 aromatic carbocycles. The minimum Gasteiger partial charge on any atom is -0.323 e. The molecule has 3 heterocycles. The van der Waals surface area contributed by atoms with Gasteiger partial charge in [-0.1, -0.05) is 0 Å². The summed E-state index contributed by atoms with van der Waals surface area (Å²) in [6.45, 7) is 2.03. The highest BCUT2D eigenvalue weighted by molar-refractivity contribution is 7.18. The SMILES string of the molecule is Cc1cc2c(Nc3ccn(C)n3)nc(NN)nc2s1. The molecule has 0 atom stereocenters. The van der Waals surface area contributed by atoms with Crippen LogP contribution in [-0.4, -0.2) is 19.7 Å². The van der Waals surface area contributed by atoms with Crippen LogP contribution in [0.4, 0.5) is 17.6 Å². The minimum atomic E-state index is 0.382. The molecule has 8 heteroatoms. The van der Waals surface area contributed by atoms with E-state index in [9.17, 15) is 0 Å². The van der Waals surface area contributed by atoms with E-state index in [4.69, 9.17) is 5.84 Å². The first-order valence-corrected chi connectivity index (χ1v) is 6.49. The van der Waals surface area contributed by atoms with Crippen LogP contribution in [0.15, 0.2) is 18.3 Å². The lowest BCUT2D eigenvalue weighted by molar-refractivity contribution is 0.771. The summed E-state index contributed by atoms with van der Waals surface area (Å²) in [5, 5.41) is 8.42. The normalized spacial score (nSPS) is 10.9. The van der Waals surface area contributed by atoms with Crippen molar-refractivity contribution in [2.75, 3.05) is 10.7 Å². The lowest BCUT2D eigenvalue weighted by Gasteiger charge is -2.05. The van der Waals surface area contributed by atoms with Crippen LogP contribution in [-0.2, 0) is 7.05 Å². The summed E-state index contributed by atoms with van der Waals surface area (Å²) in [5.74, 6) is 7.20. The van der Waals surface area contributed by atoms with Gasteiger partial charge in [-0.2, -0.15) is 10.1 Å². The summed E-state index contributed by atoms with van der Waals surface area (Å²) in [4.78, 5) is 10.7. The number of nitrogens with one attached hydrogen (secondary N) is 2. The Labute approximate surface area is 113 Å². The molecule has 0 saturated heterocycles. The largest absolute Gasteiger partial charge is 0.323 e. The summed E-state index contributed by atoms with van der Waals surface area (Å²) >= 11 is 1.60. The molecule has 4 N–H and O–H groups in total. The highest BCUT2D eigenvalue weighted by Crippen LogP contribution is 2.30. The molecule has 7 nitrogen and oxygen atoms in total. The second kappa shape index (κ2) is 4.48. The van der Waals surface area contributed by atoms with Crippen molar-refractivity contribution < 1.29 is 0 Å². The number of nitrogens with zero attached hydrogens (tertiary/aromatic N) is 4. The molecule has 19 heavy (non-hydrogen) atoms. The monoisotopic (exact) mass is 275 g/mol. The van der Waals surface area contributed by atoms with E-state index in [1.165, 1.54) is 4.88 Å². The maximum Gasteiger partial charge on any atom is 0.240 e. The summed E-state index contributed by atoms with van der Waals surface area (Å²) in [6.07, 6.45) is 1.86. The number of anilines is 3. The minimum absolute atomic E-state index is 0.382. The lowest BCUT2D eigenvalue weighted by atomic mass is 10.3. The van der Waals surface area contributed by atoms with E-state index in [1.807, 2.05) is 32.3 Å². The van der Waals surface area contributed by atoms with Crippen LogP contribution in [0.3, 0.4) is 0 Å². The van der Waals surface area contributed by atoms with Crippen LogP contribution in [0.2, 0.25) is 0 Å². The Balaban J connectivity index is 2.09. The molecular formula is C11H13N7S. The van der Waals surface area contributed by atoms with E-state index >= 15 is 0 Å². The fourth-order valence-corrected chi connectivity index (χ4v) is 2.68. The maximum atomic E-state index is 5.40. The third-order valence-electron chi connectivity index (χ3n) is 2.61. The second-order valence-corrected chi connectivity index (χ2v) is 5.35. The van der Waals surface area contributed by atoms with Crippen LogP contribution in [0.25, 0.3) is 10.2 Å². The second-order valence-electron chi connectivity index (χ2n) is 4.12. The van der Waals surface area contributed by atoms with Crippen molar-refractivity contribution in [3.8, 4) is 0 Å². The van der Waals surface area contributed by atoms with Gasteiger partial charge < -0.3 is 5.32 Å². The van der Waals surface area contributed by atoms with Crippen LogP contribution < -0.4 is 16.6 Å². The van der Waals surface area contributed by atoms with Gasteiger partial charge in [0.2, 0.25) is 5.95 Å². The predicted octanol–water partition coefficient (Wildman–Crippen LogP) is 1.76. The molecule has 0 bridgehead atoms. The molecule has 0 amide bonds. The number of nitrogens with two attached hydrogens (primary N) is 1. The van der Waals surface area contributed by atoms with Crippen LogP contribution in [0.5, 0.6) is 0 Å². The third kappa shape index (κ3) is 2.23. The number of fused-ring (bicyclic) bond motifs is 1. The van der Waals surface area contributed by atoms with E-state index in [0.717, 1.165) is 16.0 Å². The van der Waals surface area contributed by atoms with Crippen LogP contribution in [0.1, 0.15) is 4.88 Å². The van der Waals surface area contributed by atoms with Gasteiger partial charge in [-0.25, -0.2) is 10.8 Å². The van der Waals surface area contributed by atoms with Gasteiger partial charge in [-0.05, 0) is 13.0 Å². The third-order valence-corrected chi connectivity index (χ3v) is 3.55. The molecule has 0 aliphatic heterocycles. The van der Waals surface area contributed by atoms with Crippen molar-refractivity contribution in [2.24, 2.45) is 12.9 Å². The number of aromatic nitrogens is 4. The Hall–Kier alpha value is -2.19. The number of hydrogen-bond acceptors (Lipinski definition) is 7. The highest BCUT2D eigenvalue weighted by atomic mass is 32.1. The molecule has 0 spiro atoms. The first kappa shape index (κ1) is 11.9. The molecule has 3 rings (SSSR count). The Morgan fingerprint density at radius 1 is 1.37 bits per heavy atom. The summed E-state index contributed by atoms with van der Waals surface area (Å²) in [6, 6.07) is 3.92. The van der Waals surface area contributed by atoms with Crippen molar-refractivity contribution in [3.05, 3.63) is 23.2 Å². The molecule has 3 aromatic rings. The van der Waals surface area contributed by atoms with Crippen molar-refractivity contribution in [1.29, 1.82) is 0 Å². The van der Waals surface area contributed by atoms with Gasteiger partial charge in [0.1, 0.15) is 10.6 Å². The molecule has 98 valence electrons. The maximum absolute atomic E-state index is 5.40. The van der Waals surface area contributed by atoms with Crippen LogP contribution in [0, 0.1) is 6.92 Å².